The van der Waals surface area contributed by atoms with Crippen LogP contribution in [0.15, 0.2) is 27.6 Å². The van der Waals surface area contributed by atoms with E-state index in [-0.39, 0.29) is 18.1 Å². The van der Waals surface area contributed by atoms with Crippen molar-refractivity contribution < 1.29 is 9.90 Å². The first-order valence-corrected chi connectivity index (χ1v) is 6.22. The minimum atomic E-state index is -0.386. The standard InChI is InChI=1S/C11H12BrNO2S/c12-9-2-1-7(16)5-8(9)10(15)13-11(6-14)3-4-11/h1-2,5,14,16H,3-4,6H2,(H,13,15). The van der Waals surface area contributed by atoms with Crippen molar-refractivity contribution in [1.29, 1.82) is 0 Å². The highest BCUT2D eigenvalue weighted by atomic mass is 79.9. The van der Waals surface area contributed by atoms with E-state index in [9.17, 15) is 4.79 Å². The molecule has 5 heteroatoms. The van der Waals surface area contributed by atoms with Crippen LogP contribution in [0.25, 0.3) is 0 Å². The Morgan fingerprint density at radius 2 is 2.25 bits per heavy atom. The lowest BCUT2D eigenvalue weighted by molar-refractivity contribution is 0.0906. The maximum atomic E-state index is 11.9. The molecule has 0 spiro atoms. The molecule has 0 aromatic heterocycles. The Morgan fingerprint density at radius 3 is 2.81 bits per heavy atom. The number of aliphatic hydroxyl groups is 1. The molecule has 1 amide bonds. The van der Waals surface area contributed by atoms with Gasteiger partial charge in [0.1, 0.15) is 0 Å². The molecule has 0 aliphatic heterocycles. The highest BCUT2D eigenvalue weighted by molar-refractivity contribution is 9.10. The largest absolute Gasteiger partial charge is 0.394 e. The van der Waals surface area contributed by atoms with Crippen LogP contribution >= 0.6 is 28.6 Å². The fourth-order valence-corrected chi connectivity index (χ4v) is 2.10. The SMILES string of the molecule is O=C(NC1(CO)CC1)c1cc(S)ccc1Br. The summed E-state index contributed by atoms with van der Waals surface area (Å²) in [6.45, 7) is -0.00305. The molecule has 3 nitrogen and oxygen atoms in total. The smallest absolute Gasteiger partial charge is 0.252 e. The van der Waals surface area contributed by atoms with E-state index in [4.69, 9.17) is 5.11 Å². The molecular weight excluding hydrogens is 290 g/mol. The zero-order valence-corrected chi connectivity index (χ0v) is 11.0. The molecule has 1 fully saturated rings. The highest BCUT2D eigenvalue weighted by Gasteiger charge is 2.43. The summed E-state index contributed by atoms with van der Waals surface area (Å²) in [5, 5.41) is 12.0. The van der Waals surface area contributed by atoms with Gasteiger partial charge in [-0.05, 0) is 47.0 Å². The molecule has 1 aromatic rings. The molecule has 0 heterocycles. The lowest BCUT2D eigenvalue weighted by Crippen LogP contribution is -2.39. The van der Waals surface area contributed by atoms with E-state index in [0.717, 1.165) is 22.2 Å². The van der Waals surface area contributed by atoms with Crippen LogP contribution in [0.1, 0.15) is 23.2 Å². The van der Waals surface area contributed by atoms with Gasteiger partial charge in [0.2, 0.25) is 0 Å². The lowest BCUT2D eigenvalue weighted by Gasteiger charge is -2.15. The summed E-state index contributed by atoms with van der Waals surface area (Å²) in [7, 11) is 0. The van der Waals surface area contributed by atoms with Crippen molar-refractivity contribution in [3.05, 3.63) is 28.2 Å². The Kier molecular flexibility index (Phi) is 3.28. The summed E-state index contributed by atoms with van der Waals surface area (Å²) in [5.74, 6) is -0.172. The average Bonchev–Trinajstić information content (AvgIpc) is 3.02. The number of aliphatic hydroxyl groups excluding tert-OH is 1. The molecule has 0 saturated heterocycles. The zero-order chi connectivity index (χ0) is 11.8. The minimum absolute atomic E-state index is 0.00305. The Hall–Kier alpha value is -0.520. The van der Waals surface area contributed by atoms with Gasteiger partial charge in [0, 0.05) is 9.37 Å². The fourth-order valence-electron chi connectivity index (χ4n) is 1.47. The van der Waals surface area contributed by atoms with Crippen molar-refractivity contribution in [2.45, 2.75) is 23.3 Å². The van der Waals surface area contributed by atoms with Gasteiger partial charge in [-0.15, -0.1) is 12.6 Å². The molecule has 2 rings (SSSR count). The number of carbonyl (C=O) groups is 1. The molecule has 2 N–H and O–H groups in total. The van der Waals surface area contributed by atoms with Crippen LogP contribution in [0.2, 0.25) is 0 Å². The summed E-state index contributed by atoms with van der Waals surface area (Å²) in [5.41, 5.74) is 0.163. The third kappa shape index (κ3) is 2.42. The van der Waals surface area contributed by atoms with Gasteiger partial charge < -0.3 is 10.4 Å². The predicted molar refractivity (Wildman–Crippen MR) is 67.9 cm³/mol. The van der Waals surface area contributed by atoms with E-state index in [1.807, 2.05) is 6.07 Å². The number of amides is 1. The third-order valence-electron chi connectivity index (χ3n) is 2.73. The second-order valence-corrected chi connectivity index (χ2v) is 5.43. The van der Waals surface area contributed by atoms with E-state index in [2.05, 4.69) is 33.9 Å². The maximum Gasteiger partial charge on any atom is 0.252 e. The summed E-state index contributed by atoms with van der Waals surface area (Å²) in [6.07, 6.45) is 1.68. The van der Waals surface area contributed by atoms with Gasteiger partial charge in [-0.3, -0.25) is 4.79 Å². The Balaban J connectivity index is 2.17. The van der Waals surface area contributed by atoms with Crippen molar-refractivity contribution in [3.63, 3.8) is 0 Å². The van der Waals surface area contributed by atoms with Crippen LogP contribution in [0.4, 0.5) is 0 Å². The minimum Gasteiger partial charge on any atom is -0.394 e. The van der Waals surface area contributed by atoms with Crippen LogP contribution < -0.4 is 5.32 Å². The normalized spacial score (nSPS) is 16.9. The second kappa shape index (κ2) is 4.39. The number of thiol groups is 1. The maximum absolute atomic E-state index is 11.9. The van der Waals surface area contributed by atoms with E-state index >= 15 is 0 Å². The second-order valence-electron chi connectivity index (χ2n) is 4.06. The van der Waals surface area contributed by atoms with Gasteiger partial charge in [-0.1, -0.05) is 0 Å². The summed E-state index contributed by atoms with van der Waals surface area (Å²) in [6, 6.07) is 5.30. The Bertz CT molecular complexity index is 432. The Labute approximate surface area is 108 Å². The number of hydrogen-bond donors (Lipinski definition) is 3. The van der Waals surface area contributed by atoms with Crippen LogP contribution in [0.3, 0.4) is 0 Å². The van der Waals surface area contributed by atoms with Gasteiger partial charge in [0.25, 0.3) is 5.91 Å². The van der Waals surface area contributed by atoms with Crippen LogP contribution in [-0.2, 0) is 0 Å². The monoisotopic (exact) mass is 301 g/mol. The molecule has 0 radical (unpaired) electrons. The molecule has 1 saturated carbocycles. The van der Waals surface area contributed by atoms with Crippen molar-refractivity contribution in [2.24, 2.45) is 0 Å². The Morgan fingerprint density at radius 1 is 1.56 bits per heavy atom. The number of carbonyl (C=O) groups excluding carboxylic acids is 1. The van der Waals surface area contributed by atoms with E-state index < -0.39 is 0 Å². The van der Waals surface area contributed by atoms with Gasteiger partial charge in [0.05, 0.1) is 17.7 Å². The topological polar surface area (TPSA) is 49.3 Å². The number of halogens is 1. The molecule has 0 bridgehead atoms. The van der Waals surface area contributed by atoms with Crippen molar-refractivity contribution in [3.8, 4) is 0 Å². The lowest BCUT2D eigenvalue weighted by atomic mass is 10.2. The molecule has 0 atom stereocenters. The molecule has 0 unspecified atom stereocenters. The first-order chi connectivity index (χ1) is 7.56. The van der Waals surface area contributed by atoms with Crippen LogP contribution in [0, 0.1) is 0 Å². The number of nitrogens with one attached hydrogen (secondary N) is 1. The van der Waals surface area contributed by atoms with E-state index in [0.29, 0.717) is 5.56 Å². The van der Waals surface area contributed by atoms with E-state index in [1.54, 1.807) is 12.1 Å². The van der Waals surface area contributed by atoms with Crippen molar-refractivity contribution in [2.75, 3.05) is 6.61 Å². The predicted octanol–water partition coefficient (Wildman–Crippen LogP) is 1.99. The first-order valence-electron chi connectivity index (χ1n) is 4.98. The number of hydrogen-bond acceptors (Lipinski definition) is 3. The highest BCUT2D eigenvalue weighted by Crippen LogP contribution is 2.35. The van der Waals surface area contributed by atoms with Gasteiger partial charge in [-0.25, -0.2) is 0 Å². The molecule has 1 aliphatic carbocycles. The summed E-state index contributed by atoms with van der Waals surface area (Å²) >= 11 is 7.52. The van der Waals surface area contributed by atoms with Crippen molar-refractivity contribution in [1.82, 2.24) is 5.32 Å². The molecule has 1 aliphatic rings. The molecule has 86 valence electrons. The zero-order valence-electron chi connectivity index (χ0n) is 8.53. The molecule has 1 aromatic carbocycles. The molecular formula is C11H12BrNO2S. The van der Waals surface area contributed by atoms with Crippen molar-refractivity contribution >= 4 is 34.5 Å². The van der Waals surface area contributed by atoms with Gasteiger partial charge >= 0.3 is 0 Å². The fraction of sp³-hybridized carbons (Fsp3) is 0.364. The first kappa shape index (κ1) is 12.0. The van der Waals surface area contributed by atoms with Gasteiger partial charge in [-0.2, -0.15) is 0 Å². The molecule has 16 heavy (non-hydrogen) atoms. The summed E-state index contributed by atoms with van der Waals surface area (Å²) < 4.78 is 0.733. The van der Waals surface area contributed by atoms with E-state index in [1.165, 1.54) is 0 Å². The number of rotatable bonds is 3. The number of benzene rings is 1. The van der Waals surface area contributed by atoms with Crippen LogP contribution in [0.5, 0.6) is 0 Å². The quantitative estimate of drug-likeness (QED) is 0.748. The third-order valence-corrected chi connectivity index (χ3v) is 3.70. The van der Waals surface area contributed by atoms with Crippen LogP contribution in [-0.4, -0.2) is 23.2 Å². The average molecular weight is 302 g/mol. The van der Waals surface area contributed by atoms with Gasteiger partial charge in [0.15, 0.2) is 0 Å². The summed E-state index contributed by atoms with van der Waals surface area (Å²) in [4.78, 5) is 12.7.